The number of para-hydroxylation sites is 1. The molecule has 3 rings (SSSR count). The third kappa shape index (κ3) is 5.87. The van der Waals surface area contributed by atoms with Gasteiger partial charge in [0.1, 0.15) is 0 Å². The molecule has 0 aromatic heterocycles. The average Bonchev–Trinajstić information content (AvgIpc) is 2.72. The molecule has 0 fully saturated rings. The molecule has 3 N–H and O–H groups in total. The minimum Gasteiger partial charge on any atom is -0.347 e. The summed E-state index contributed by atoms with van der Waals surface area (Å²) < 4.78 is 27.2. The Bertz CT molecular complexity index is 1110. The quantitative estimate of drug-likeness (QED) is 0.529. The lowest BCUT2D eigenvalue weighted by Crippen LogP contribution is -2.35. The Kier molecular flexibility index (Phi) is 6.58. The van der Waals surface area contributed by atoms with E-state index >= 15 is 0 Å². The second kappa shape index (κ2) is 9.31. The molecule has 150 valence electrons. The van der Waals surface area contributed by atoms with Gasteiger partial charge in [0.2, 0.25) is 21.8 Å². The minimum atomic E-state index is -3.73. The van der Waals surface area contributed by atoms with Gasteiger partial charge in [-0.25, -0.2) is 13.1 Å². The van der Waals surface area contributed by atoms with Crippen LogP contribution in [0.15, 0.2) is 77.7 Å². The fraction of sp³-hybridized carbons (Fsp3) is 0.143. The Morgan fingerprint density at radius 3 is 2.24 bits per heavy atom. The molecule has 0 aliphatic rings. The van der Waals surface area contributed by atoms with Crippen molar-refractivity contribution < 1.29 is 18.0 Å². The van der Waals surface area contributed by atoms with Crippen LogP contribution in [0.25, 0.3) is 10.8 Å². The molecule has 0 radical (unpaired) electrons. The highest BCUT2D eigenvalue weighted by Crippen LogP contribution is 2.18. The first-order chi connectivity index (χ1) is 13.9. The predicted octanol–water partition coefficient (Wildman–Crippen LogP) is 2.26. The Morgan fingerprint density at radius 2 is 1.48 bits per heavy atom. The molecule has 3 aromatic carbocycles. The van der Waals surface area contributed by atoms with Crippen LogP contribution in [-0.4, -0.2) is 33.3 Å². The van der Waals surface area contributed by atoms with Gasteiger partial charge in [-0.15, -0.1) is 0 Å². The van der Waals surface area contributed by atoms with Crippen molar-refractivity contribution in [2.45, 2.75) is 11.3 Å². The molecule has 0 aliphatic heterocycles. The molecular formula is C21H21N3O4S. The number of carbonyl (C=O) groups is 2. The lowest BCUT2D eigenvalue weighted by molar-refractivity contribution is -0.124. The van der Waals surface area contributed by atoms with Gasteiger partial charge in [0.25, 0.3) is 0 Å². The molecule has 0 saturated carbocycles. The minimum absolute atomic E-state index is 0.0682. The number of fused-ring (bicyclic) bond motifs is 1. The monoisotopic (exact) mass is 411 g/mol. The number of anilines is 1. The molecule has 0 aliphatic carbocycles. The van der Waals surface area contributed by atoms with Crippen LogP contribution in [0.1, 0.15) is 6.42 Å². The van der Waals surface area contributed by atoms with E-state index in [1.54, 1.807) is 36.4 Å². The van der Waals surface area contributed by atoms with Crippen LogP contribution in [0.2, 0.25) is 0 Å². The average molecular weight is 411 g/mol. The van der Waals surface area contributed by atoms with E-state index in [1.807, 2.05) is 30.3 Å². The Hall–Kier alpha value is -3.23. The first kappa shape index (κ1) is 20.5. The summed E-state index contributed by atoms with van der Waals surface area (Å²) in [6.45, 7) is -0.257. The lowest BCUT2D eigenvalue weighted by Gasteiger charge is -2.09. The second-order valence-electron chi connectivity index (χ2n) is 6.35. The van der Waals surface area contributed by atoms with E-state index in [1.165, 1.54) is 6.07 Å². The van der Waals surface area contributed by atoms with Crippen molar-refractivity contribution >= 4 is 38.3 Å². The zero-order valence-corrected chi connectivity index (χ0v) is 16.4. The van der Waals surface area contributed by atoms with Gasteiger partial charge in [0.15, 0.2) is 0 Å². The number of rotatable bonds is 8. The molecule has 0 spiro atoms. The van der Waals surface area contributed by atoms with Crippen molar-refractivity contribution in [3.8, 4) is 0 Å². The fourth-order valence-electron chi connectivity index (χ4n) is 2.71. The SMILES string of the molecule is O=C(CCNS(=O)(=O)c1ccc2ccccc2c1)NCC(=O)Nc1ccccc1. The number of nitrogens with one attached hydrogen (secondary N) is 3. The second-order valence-corrected chi connectivity index (χ2v) is 8.11. The standard InChI is InChI=1S/C21H21N3O4S/c25-20(22-15-21(26)24-18-8-2-1-3-9-18)12-13-23-29(27,28)19-11-10-16-6-4-5-7-17(16)14-19/h1-11,14,23H,12-13,15H2,(H,22,25)(H,24,26). The Labute approximate surface area is 169 Å². The molecule has 8 heteroatoms. The van der Waals surface area contributed by atoms with Crippen molar-refractivity contribution in [3.63, 3.8) is 0 Å². The summed E-state index contributed by atoms with van der Waals surface area (Å²) in [5.41, 5.74) is 0.634. The van der Waals surface area contributed by atoms with Gasteiger partial charge in [-0.3, -0.25) is 9.59 Å². The van der Waals surface area contributed by atoms with Crippen LogP contribution in [0.3, 0.4) is 0 Å². The van der Waals surface area contributed by atoms with Crippen molar-refractivity contribution in [2.24, 2.45) is 0 Å². The maximum Gasteiger partial charge on any atom is 0.243 e. The van der Waals surface area contributed by atoms with Crippen molar-refractivity contribution in [1.29, 1.82) is 0 Å². The molecule has 0 heterocycles. The van der Waals surface area contributed by atoms with Gasteiger partial charge in [0.05, 0.1) is 11.4 Å². The number of hydrogen-bond donors (Lipinski definition) is 3. The highest BCUT2D eigenvalue weighted by molar-refractivity contribution is 7.89. The molecule has 2 amide bonds. The molecule has 29 heavy (non-hydrogen) atoms. The van der Waals surface area contributed by atoms with Crippen LogP contribution in [0, 0.1) is 0 Å². The summed E-state index contributed by atoms with van der Waals surface area (Å²) in [6.07, 6.45) is -0.0779. The molecular weight excluding hydrogens is 390 g/mol. The van der Waals surface area contributed by atoms with Gasteiger partial charge >= 0.3 is 0 Å². The van der Waals surface area contributed by atoms with Crippen LogP contribution in [0.5, 0.6) is 0 Å². The normalized spacial score (nSPS) is 11.2. The first-order valence-electron chi connectivity index (χ1n) is 9.04. The summed E-state index contributed by atoms with van der Waals surface area (Å²) in [5.74, 6) is -0.782. The maximum atomic E-state index is 12.4. The van der Waals surface area contributed by atoms with Crippen LogP contribution >= 0.6 is 0 Å². The van der Waals surface area contributed by atoms with E-state index in [0.717, 1.165) is 10.8 Å². The first-order valence-corrected chi connectivity index (χ1v) is 10.5. The van der Waals surface area contributed by atoms with Gasteiger partial charge < -0.3 is 10.6 Å². The highest BCUT2D eigenvalue weighted by atomic mass is 32.2. The third-order valence-corrected chi connectivity index (χ3v) is 5.64. The van der Waals surface area contributed by atoms with E-state index in [0.29, 0.717) is 5.69 Å². The summed E-state index contributed by atoms with van der Waals surface area (Å²) in [4.78, 5) is 23.8. The zero-order chi connectivity index (χ0) is 20.7. The van der Waals surface area contributed by atoms with Crippen LogP contribution in [-0.2, 0) is 19.6 Å². The zero-order valence-electron chi connectivity index (χ0n) is 15.6. The lowest BCUT2D eigenvalue weighted by atomic mass is 10.1. The van der Waals surface area contributed by atoms with Crippen LogP contribution in [0.4, 0.5) is 5.69 Å². The topological polar surface area (TPSA) is 104 Å². The van der Waals surface area contributed by atoms with Crippen molar-refractivity contribution in [1.82, 2.24) is 10.0 Å². The number of benzene rings is 3. The molecule has 3 aromatic rings. The largest absolute Gasteiger partial charge is 0.347 e. The summed E-state index contributed by atoms with van der Waals surface area (Å²) in [6, 6.07) is 21.2. The van der Waals surface area contributed by atoms with Gasteiger partial charge in [-0.2, -0.15) is 0 Å². The summed E-state index contributed by atoms with van der Waals surface area (Å²) in [5, 5.41) is 6.88. The predicted molar refractivity (Wildman–Crippen MR) is 112 cm³/mol. The third-order valence-electron chi connectivity index (χ3n) is 4.18. The fourth-order valence-corrected chi connectivity index (χ4v) is 3.78. The van der Waals surface area contributed by atoms with Gasteiger partial charge in [0, 0.05) is 18.7 Å². The van der Waals surface area contributed by atoms with Gasteiger partial charge in [-0.05, 0) is 35.0 Å². The molecule has 7 nitrogen and oxygen atoms in total. The smallest absolute Gasteiger partial charge is 0.243 e. The molecule has 0 saturated heterocycles. The molecule has 0 atom stereocenters. The number of sulfonamides is 1. The number of hydrogen-bond acceptors (Lipinski definition) is 4. The summed E-state index contributed by atoms with van der Waals surface area (Å²) >= 11 is 0. The molecule has 0 bridgehead atoms. The van der Waals surface area contributed by atoms with E-state index < -0.39 is 15.9 Å². The van der Waals surface area contributed by atoms with E-state index in [4.69, 9.17) is 0 Å². The highest BCUT2D eigenvalue weighted by Gasteiger charge is 2.15. The van der Waals surface area contributed by atoms with Gasteiger partial charge in [-0.1, -0.05) is 48.5 Å². The number of carbonyl (C=O) groups excluding carboxylic acids is 2. The van der Waals surface area contributed by atoms with Crippen LogP contribution < -0.4 is 15.4 Å². The van der Waals surface area contributed by atoms with Crippen molar-refractivity contribution in [2.75, 3.05) is 18.4 Å². The maximum absolute atomic E-state index is 12.4. The van der Waals surface area contributed by atoms with E-state index in [-0.39, 0.29) is 30.3 Å². The van der Waals surface area contributed by atoms with Crippen molar-refractivity contribution in [3.05, 3.63) is 72.8 Å². The molecule has 0 unspecified atom stereocenters. The van der Waals surface area contributed by atoms with E-state index in [9.17, 15) is 18.0 Å². The summed E-state index contributed by atoms with van der Waals surface area (Å²) in [7, 11) is -3.73. The van der Waals surface area contributed by atoms with E-state index in [2.05, 4.69) is 15.4 Å². The Morgan fingerprint density at radius 1 is 0.793 bits per heavy atom. The Balaban J connectivity index is 1.45. The number of amides is 2.